The fourth-order valence-corrected chi connectivity index (χ4v) is 8.26. The summed E-state index contributed by atoms with van der Waals surface area (Å²) in [5.74, 6) is -0.986. The fraction of sp³-hybridized carbons (Fsp3) is 0.566. The van der Waals surface area contributed by atoms with Crippen LogP contribution in [0.3, 0.4) is 0 Å². The Hall–Kier alpha value is -5.49. The Morgan fingerprint density at radius 1 is 0.256 bits per heavy atom. The van der Waals surface area contributed by atoms with Gasteiger partial charge >= 0.3 is 17.9 Å². The molecule has 0 bridgehead atoms. The van der Waals surface area contributed by atoms with Crippen LogP contribution in [-0.4, -0.2) is 37.2 Å². The van der Waals surface area contributed by atoms with Crippen molar-refractivity contribution in [2.24, 2.45) is 0 Å². The van der Waals surface area contributed by atoms with Crippen LogP contribution in [0, 0.1) is 0 Å². The van der Waals surface area contributed by atoms with Gasteiger partial charge in [-0.3, -0.25) is 14.4 Å². The van der Waals surface area contributed by atoms with Crippen molar-refractivity contribution < 1.29 is 28.6 Å². The monoisotopic (exact) mass is 1130 g/mol. The summed E-state index contributed by atoms with van der Waals surface area (Å²) in [7, 11) is 0. The van der Waals surface area contributed by atoms with Crippen molar-refractivity contribution in [1.82, 2.24) is 0 Å². The normalized spacial score (nSPS) is 13.4. The van der Waals surface area contributed by atoms with E-state index in [9.17, 15) is 14.4 Å². The first kappa shape index (κ1) is 76.5. The highest BCUT2D eigenvalue weighted by molar-refractivity contribution is 5.71. The third-order valence-corrected chi connectivity index (χ3v) is 13.1. The summed E-state index contributed by atoms with van der Waals surface area (Å²) >= 11 is 0. The second-order valence-corrected chi connectivity index (χ2v) is 20.9. The number of unbranched alkanes of at least 4 members (excludes halogenated alkanes) is 16. The van der Waals surface area contributed by atoms with E-state index in [0.717, 1.165) is 173 Å². The van der Waals surface area contributed by atoms with E-state index in [1.165, 1.54) is 38.5 Å². The summed E-state index contributed by atoms with van der Waals surface area (Å²) in [6, 6.07) is 0. The number of allylic oxidation sites excluding steroid dienone is 30. The molecule has 0 aliphatic carbocycles. The third-order valence-electron chi connectivity index (χ3n) is 13.1. The van der Waals surface area contributed by atoms with Gasteiger partial charge in [-0.2, -0.15) is 0 Å². The van der Waals surface area contributed by atoms with Crippen molar-refractivity contribution >= 4 is 17.9 Å². The predicted molar refractivity (Wildman–Crippen MR) is 357 cm³/mol. The van der Waals surface area contributed by atoms with E-state index >= 15 is 0 Å². The molecule has 0 spiro atoms. The van der Waals surface area contributed by atoms with Crippen LogP contribution in [0.5, 0.6) is 0 Å². The Bertz CT molecular complexity index is 1920. The second kappa shape index (κ2) is 68.0. The molecular formula is C76H118O6. The average molecular weight is 1130 g/mol. The van der Waals surface area contributed by atoms with Crippen LogP contribution < -0.4 is 0 Å². The Morgan fingerprint density at radius 3 is 0.768 bits per heavy atom. The number of esters is 3. The number of rotatable bonds is 57. The number of carbonyl (C=O) groups excluding carboxylic acids is 3. The smallest absolute Gasteiger partial charge is 0.306 e. The number of carbonyl (C=O) groups is 3. The van der Waals surface area contributed by atoms with Crippen molar-refractivity contribution in [1.29, 1.82) is 0 Å². The molecule has 6 heteroatoms. The highest BCUT2D eigenvalue weighted by Crippen LogP contribution is 2.13. The van der Waals surface area contributed by atoms with Crippen LogP contribution >= 0.6 is 0 Å². The van der Waals surface area contributed by atoms with Gasteiger partial charge in [0.15, 0.2) is 6.10 Å². The van der Waals surface area contributed by atoms with Crippen LogP contribution in [0.2, 0.25) is 0 Å². The van der Waals surface area contributed by atoms with Crippen molar-refractivity contribution in [3.8, 4) is 0 Å². The van der Waals surface area contributed by atoms with Crippen molar-refractivity contribution in [3.63, 3.8) is 0 Å². The zero-order valence-electron chi connectivity index (χ0n) is 52.4. The maximum atomic E-state index is 12.9. The molecule has 6 nitrogen and oxygen atoms in total. The number of hydrogen-bond acceptors (Lipinski definition) is 6. The van der Waals surface area contributed by atoms with Gasteiger partial charge in [-0.05, 0) is 154 Å². The quantitative estimate of drug-likeness (QED) is 0.0261. The molecule has 0 aromatic rings. The van der Waals surface area contributed by atoms with Gasteiger partial charge in [0.25, 0.3) is 0 Å². The molecule has 1 unspecified atom stereocenters. The Morgan fingerprint density at radius 2 is 0.476 bits per heavy atom. The van der Waals surface area contributed by atoms with Crippen LogP contribution in [0.25, 0.3) is 0 Å². The molecule has 0 amide bonds. The van der Waals surface area contributed by atoms with E-state index in [1.807, 2.05) is 0 Å². The maximum absolute atomic E-state index is 12.9. The van der Waals surface area contributed by atoms with Gasteiger partial charge < -0.3 is 14.2 Å². The van der Waals surface area contributed by atoms with Crippen molar-refractivity contribution in [2.45, 2.75) is 264 Å². The number of ether oxygens (including phenoxy) is 3. The Labute approximate surface area is 504 Å². The van der Waals surface area contributed by atoms with E-state index in [1.54, 1.807) is 0 Å². The first-order chi connectivity index (χ1) is 40.5. The molecule has 0 aliphatic rings. The van der Waals surface area contributed by atoms with E-state index in [4.69, 9.17) is 14.2 Å². The zero-order valence-corrected chi connectivity index (χ0v) is 52.4. The molecule has 0 N–H and O–H groups in total. The SMILES string of the molecule is CC/C=C\C/C=C\C/C=C\C/C=C\C/C=C\C/C=C\C/C=C\C/C=C\C/C=C\CCCCCCCCCC(=O)OCC(COC(=O)CCCCCCC/C=C\C/C=C\CCCC)OC(=O)CCCC/C=C\C/C=C\C/C=C\C/C=C\CC. The Balaban J connectivity index is 4.34. The van der Waals surface area contributed by atoms with Gasteiger partial charge in [-0.15, -0.1) is 0 Å². The highest BCUT2D eigenvalue weighted by Gasteiger charge is 2.19. The molecule has 0 saturated carbocycles. The average Bonchev–Trinajstić information content (AvgIpc) is 3.48. The molecular weight excluding hydrogens is 1010 g/mol. The molecule has 1 atom stereocenters. The predicted octanol–water partition coefficient (Wildman–Crippen LogP) is 22.8. The summed E-state index contributed by atoms with van der Waals surface area (Å²) in [4.78, 5) is 38.3. The van der Waals surface area contributed by atoms with Gasteiger partial charge in [-0.1, -0.05) is 267 Å². The lowest BCUT2D eigenvalue weighted by Crippen LogP contribution is -2.30. The lowest BCUT2D eigenvalue weighted by Gasteiger charge is -2.18. The van der Waals surface area contributed by atoms with Crippen LogP contribution in [0.1, 0.15) is 258 Å². The molecule has 0 aromatic carbocycles. The third kappa shape index (κ3) is 65.3. The lowest BCUT2D eigenvalue weighted by molar-refractivity contribution is -0.167. The molecule has 82 heavy (non-hydrogen) atoms. The Kier molecular flexibility index (Phi) is 63.5. The van der Waals surface area contributed by atoms with Crippen LogP contribution in [0.4, 0.5) is 0 Å². The van der Waals surface area contributed by atoms with E-state index < -0.39 is 6.10 Å². The molecule has 0 aromatic heterocycles. The topological polar surface area (TPSA) is 78.9 Å². The molecule has 0 aliphatic heterocycles. The van der Waals surface area contributed by atoms with Gasteiger partial charge in [0.2, 0.25) is 0 Å². The highest BCUT2D eigenvalue weighted by atomic mass is 16.6. The van der Waals surface area contributed by atoms with E-state index in [-0.39, 0.29) is 37.5 Å². The van der Waals surface area contributed by atoms with Gasteiger partial charge in [0.05, 0.1) is 0 Å². The summed E-state index contributed by atoms with van der Waals surface area (Å²) < 4.78 is 16.8. The summed E-state index contributed by atoms with van der Waals surface area (Å²) in [5.41, 5.74) is 0. The van der Waals surface area contributed by atoms with Gasteiger partial charge in [0, 0.05) is 19.3 Å². The van der Waals surface area contributed by atoms with Gasteiger partial charge in [-0.25, -0.2) is 0 Å². The minimum Gasteiger partial charge on any atom is -0.462 e. The molecule has 0 rings (SSSR count). The first-order valence-electron chi connectivity index (χ1n) is 32.8. The summed E-state index contributed by atoms with van der Waals surface area (Å²) in [6.07, 6.45) is 102. The van der Waals surface area contributed by atoms with Crippen LogP contribution in [-0.2, 0) is 28.6 Å². The largest absolute Gasteiger partial charge is 0.462 e. The summed E-state index contributed by atoms with van der Waals surface area (Å²) in [6.45, 7) is 6.30. The molecule has 0 heterocycles. The summed E-state index contributed by atoms with van der Waals surface area (Å²) in [5, 5.41) is 0. The second-order valence-electron chi connectivity index (χ2n) is 20.9. The molecule has 0 radical (unpaired) electrons. The number of hydrogen-bond donors (Lipinski definition) is 0. The van der Waals surface area contributed by atoms with Crippen LogP contribution in [0.15, 0.2) is 182 Å². The van der Waals surface area contributed by atoms with Crippen molar-refractivity contribution in [2.75, 3.05) is 13.2 Å². The molecule has 0 saturated heterocycles. The fourth-order valence-electron chi connectivity index (χ4n) is 8.26. The molecule has 0 fully saturated rings. The van der Waals surface area contributed by atoms with Gasteiger partial charge in [0.1, 0.15) is 13.2 Å². The minimum atomic E-state index is -0.820. The first-order valence-corrected chi connectivity index (χ1v) is 32.8. The van der Waals surface area contributed by atoms with Crippen molar-refractivity contribution in [3.05, 3.63) is 182 Å². The minimum absolute atomic E-state index is 0.113. The molecule has 458 valence electrons. The maximum Gasteiger partial charge on any atom is 0.306 e. The zero-order chi connectivity index (χ0) is 59.2. The standard InChI is InChI=1S/C76H118O6/c1-4-7-10-13-16-19-22-25-28-29-30-31-32-33-34-35-36-37-38-39-40-41-42-43-44-45-46-47-49-51-54-57-60-63-66-69-75(78)81-72-73(71-80-74(77)68-65-62-59-56-53-50-27-24-21-18-15-12-9-6-3)82-76(79)70-67-64-61-58-55-52-48-26-23-20-17-14-11-8-5-2/h7-8,10-11,15-20,24-28,30-31,33-34,36-37,39-40,42-43,45-46,48,55,58,73H,4-6,9,12-14,21-23,29,32,35,38,41,44,47,49-54,56-57,59-72H2,1-3H3/b10-7-,11-8-,18-15-,19-16-,20-17-,27-24-,28-25-,31-30-,34-33-,37-36-,40-39-,43-42-,46-45-,48-26-,58-55-. The van der Waals surface area contributed by atoms with E-state index in [2.05, 4.69) is 203 Å². The van der Waals surface area contributed by atoms with E-state index in [0.29, 0.717) is 19.3 Å². The lowest BCUT2D eigenvalue weighted by atomic mass is 10.1.